The van der Waals surface area contributed by atoms with Crippen LogP contribution >= 0.6 is 0 Å². The van der Waals surface area contributed by atoms with E-state index < -0.39 is 11.9 Å². The first-order valence-electron chi connectivity index (χ1n) is 8.15. The number of nitrogens with one attached hydrogen (secondary N) is 1. The Morgan fingerprint density at radius 1 is 1.04 bits per heavy atom. The number of esters is 2. The number of hydrogen-bond acceptors (Lipinski definition) is 8. The van der Waals surface area contributed by atoms with Crippen LogP contribution in [-0.2, 0) is 19.1 Å². The van der Waals surface area contributed by atoms with Crippen molar-refractivity contribution in [3.8, 4) is 0 Å². The van der Waals surface area contributed by atoms with E-state index in [0.29, 0.717) is 11.6 Å². The lowest BCUT2D eigenvalue weighted by Crippen LogP contribution is -2.16. The quantitative estimate of drug-likeness (QED) is 0.612. The molecular formula is C19H22N4O4. The van der Waals surface area contributed by atoms with E-state index >= 15 is 0 Å². The van der Waals surface area contributed by atoms with Crippen molar-refractivity contribution in [1.29, 1.82) is 0 Å². The summed E-state index contributed by atoms with van der Waals surface area (Å²) in [6.07, 6.45) is 1.04. The summed E-state index contributed by atoms with van der Waals surface area (Å²) in [4.78, 5) is 34.0. The standard InChI is InChI=1S/C19H22N4O4/c1-12-10-13(2)21-19(20-12)23(3)15-8-6-14(7-9-15)22-16(18(25)27-5)11-17(24)26-4/h6-11,22H,1-5H3/b16-11+. The maximum absolute atomic E-state index is 11.8. The molecule has 8 nitrogen and oxygen atoms in total. The number of aryl methyl sites for hydroxylation is 2. The Morgan fingerprint density at radius 2 is 1.63 bits per heavy atom. The molecule has 0 unspecified atom stereocenters. The molecule has 0 fully saturated rings. The van der Waals surface area contributed by atoms with Crippen LogP contribution in [0, 0.1) is 13.8 Å². The van der Waals surface area contributed by atoms with Gasteiger partial charge in [0.2, 0.25) is 5.95 Å². The van der Waals surface area contributed by atoms with Gasteiger partial charge in [-0.2, -0.15) is 0 Å². The lowest BCUT2D eigenvalue weighted by atomic mass is 10.2. The van der Waals surface area contributed by atoms with E-state index in [0.717, 1.165) is 23.2 Å². The Morgan fingerprint density at radius 3 is 2.15 bits per heavy atom. The number of aromatic nitrogens is 2. The van der Waals surface area contributed by atoms with E-state index in [1.54, 1.807) is 12.1 Å². The zero-order valence-electron chi connectivity index (χ0n) is 15.9. The van der Waals surface area contributed by atoms with Gasteiger partial charge in [-0.1, -0.05) is 0 Å². The summed E-state index contributed by atoms with van der Waals surface area (Å²) >= 11 is 0. The van der Waals surface area contributed by atoms with E-state index in [9.17, 15) is 9.59 Å². The molecule has 0 aliphatic heterocycles. The second-order valence-electron chi connectivity index (χ2n) is 5.75. The molecule has 0 spiro atoms. The highest BCUT2D eigenvalue weighted by Crippen LogP contribution is 2.23. The van der Waals surface area contributed by atoms with Crippen LogP contribution in [0.4, 0.5) is 17.3 Å². The summed E-state index contributed by atoms with van der Waals surface area (Å²) in [5.74, 6) is -0.745. The van der Waals surface area contributed by atoms with Gasteiger partial charge in [-0.3, -0.25) is 0 Å². The lowest BCUT2D eigenvalue weighted by molar-refractivity contribution is -0.138. The highest BCUT2D eigenvalue weighted by Gasteiger charge is 2.13. The number of benzene rings is 1. The van der Waals surface area contributed by atoms with Crippen molar-refractivity contribution >= 4 is 29.3 Å². The van der Waals surface area contributed by atoms with Crippen molar-refractivity contribution in [2.24, 2.45) is 0 Å². The second kappa shape index (κ2) is 8.79. The van der Waals surface area contributed by atoms with E-state index in [-0.39, 0.29) is 5.70 Å². The van der Waals surface area contributed by atoms with E-state index in [1.807, 2.05) is 44.0 Å². The molecule has 0 radical (unpaired) electrons. The Hall–Kier alpha value is -3.42. The van der Waals surface area contributed by atoms with Gasteiger partial charge in [-0.15, -0.1) is 0 Å². The molecule has 1 heterocycles. The average molecular weight is 370 g/mol. The van der Waals surface area contributed by atoms with E-state index in [1.165, 1.54) is 14.2 Å². The molecule has 0 saturated heterocycles. The van der Waals surface area contributed by atoms with Crippen LogP contribution < -0.4 is 10.2 Å². The van der Waals surface area contributed by atoms with Gasteiger partial charge in [-0.05, 0) is 44.2 Å². The maximum Gasteiger partial charge on any atom is 0.354 e. The molecule has 0 saturated carbocycles. The van der Waals surface area contributed by atoms with Crippen LogP contribution in [0.2, 0.25) is 0 Å². The minimum absolute atomic E-state index is 0.0249. The molecule has 27 heavy (non-hydrogen) atoms. The molecule has 0 aliphatic rings. The zero-order chi connectivity index (χ0) is 20.0. The van der Waals surface area contributed by atoms with Gasteiger partial charge in [0, 0.05) is 29.8 Å². The molecule has 1 N–H and O–H groups in total. The summed E-state index contributed by atoms with van der Waals surface area (Å²) in [6.45, 7) is 3.84. The summed E-state index contributed by atoms with van der Waals surface area (Å²) in [6, 6.07) is 9.13. The number of anilines is 3. The Kier molecular flexibility index (Phi) is 6.48. The predicted octanol–water partition coefficient (Wildman–Crippen LogP) is 2.50. The third-order valence-corrected chi connectivity index (χ3v) is 3.67. The van der Waals surface area contributed by atoms with Crippen LogP contribution in [0.15, 0.2) is 42.1 Å². The van der Waals surface area contributed by atoms with Gasteiger partial charge >= 0.3 is 11.9 Å². The molecule has 0 aliphatic carbocycles. The maximum atomic E-state index is 11.8. The van der Waals surface area contributed by atoms with Crippen LogP contribution in [0.5, 0.6) is 0 Å². The number of rotatable bonds is 6. The number of carbonyl (C=O) groups is 2. The first kappa shape index (κ1) is 19.9. The fraction of sp³-hybridized carbons (Fsp3) is 0.263. The summed E-state index contributed by atoms with van der Waals surface area (Å²) in [7, 11) is 4.33. The van der Waals surface area contributed by atoms with E-state index in [2.05, 4.69) is 24.8 Å². The Bertz CT molecular complexity index is 842. The molecule has 2 aromatic rings. The molecule has 8 heteroatoms. The number of ether oxygens (including phenoxy) is 2. The highest BCUT2D eigenvalue weighted by molar-refractivity contribution is 5.98. The van der Waals surface area contributed by atoms with Gasteiger partial charge in [0.15, 0.2) is 0 Å². The number of carbonyl (C=O) groups excluding carboxylic acids is 2. The number of hydrogen-bond donors (Lipinski definition) is 1. The van der Waals surface area contributed by atoms with Gasteiger partial charge in [0.1, 0.15) is 5.70 Å². The van der Waals surface area contributed by atoms with Crippen LogP contribution in [0.1, 0.15) is 11.4 Å². The molecular weight excluding hydrogens is 348 g/mol. The van der Waals surface area contributed by atoms with E-state index in [4.69, 9.17) is 0 Å². The van der Waals surface area contributed by atoms with Crippen LogP contribution in [0.25, 0.3) is 0 Å². The van der Waals surface area contributed by atoms with Crippen LogP contribution in [-0.4, -0.2) is 43.2 Å². The number of methoxy groups -OCH3 is 2. The predicted molar refractivity (Wildman–Crippen MR) is 102 cm³/mol. The lowest BCUT2D eigenvalue weighted by Gasteiger charge is -2.18. The molecule has 0 atom stereocenters. The smallest absolute Gasteiger partial charge is 0.354 e. The molecule has 142 valence electrons. The van der Waals surface area contributed by atoms with Crippen molar-refractivity contribution in [2.75, 3.05) is 31.5 Å². The van der Waals surface area contributed by atoms with Gasteiger partial charge < -0.3 is 19.7 Å². The molecule has 0 bridgehead atoms. The summed E-state index contributed by atoms with van der Waals surface area (Å²) in [5, 5.41) is 2.86. The van der Waals surface area contributed by atoms with Gasteiger partial charge in [0.05, 0.1) is 20.3 Å². The molecule has 1 aromatic heterocycles. The van der Waals surface area contributed by atoms with Crippen molar-refractivity contribution in [2.45, 2.75) is 13.8 Å². The van der Waals surface area contributed by atoms with Crippen molar-refractivity contribution in [3.05, 3.63) is 53.5 Å². The highest BCUT2D eigenvalue weighted by atomic mass is 16.5. The minimum Gasteiger partial charge on any atom is -0.466 e. The monoisotopic (exact) mass is 370 g/mol. The Labute approximate surface area is 157 Å². The molecule has 0 amide bonds. The van der Waals surface area contributed by atoms with Crippen molar-refractivity contribution < 1.29 is 19.1 Å². The number of nitrogens with zero attached hydrogens (tertiary/aromatic N) is 3. The van der Waals surface area contributed by atoms with Crippen LogP contribution in [0.3, 0.4) is 0 Å². The normalized spacial score (nSPS) is 10.9. The Balaban J connectivity index is 2.21. The minimum atomic E-state index is -0.676. The largest absolute Gasteiger partial charge is 0.466 e. The first-order valence-corrected chi connectivity index (χ1v) is 8.15. The first-order chi connectivity index (χ1) is 12.8. The summed E-state index contributed by atoms with van der Waals surface area (Å²) < 4.78 is 9.22. The van der Waals surface area contributed by atoms with Gasteiger partial charge in [-0.25, -0.2) is 19.6 Å². The summed E-state index contributed by atoms with van der Waals surface area (Å²) in [5.41, 5.74) is 3.22. The second-order valence-corrected chi connectivity index (χ2v) is 5.75. The average Bonchev–Trinajstić information content (AvgIpc) is 2.65. The SMILES string of the molecule is COC(=O)/C=C(/Nc1ccc(N(C)c2nc(C)cc(C)n2)cc1)C(=O)OC. The van der Waals surface area contributed by atoms with Gasteiger partial charge in [0.25, 0.3) is 0 Å². The van der Waals surface area contributed by atoms with Crippen molar-refractivity contribution in [1.82, 2.24) is 9.97 Å². The van der Waals surface area contributed by atoms with Crippen molar-refractivity contribution in [3.63, 3.8) is 0 Å². The topological polar surface area (TPSA) is 93.6 Å². The zero-order valence-corrected chi connectivity index (χ0v) is 15.9. The third kappa shape index (κ3) is 5.27. The molecule has 2 rings (SSSR count). The third-order valence-electron chi connectivity index (χ3n) is 3.67. The molecule has 1 aromatic carbocycles. The fourth-order valence-corrected chi connectivity index (χ4v) is 2.33. The fourth-order valence-electron chi connectivity index (χ4n) is 2.33.